The maximum Gasteiger partial charge on any atom is 0.271 e. The van der Waals surface area contributed by atoms with Crippen molar-refractivity contribution in [3.05, 3.63) is 52.0 Å². The number of imidazole rings is 1. The zero-order valence-corrected chi connectivity index (χ0v) is 11.6. The molecule has 3 aromatic rings. The largest absolute Gasteiger partial charge is 0.345 e. The first kappa shape index (κ1) is 12.6. The van der Waals surface area contributed by atoms with E-state index in [9.17, 15) is 4.79 Å². The predicted molar refractivity (Wildman–Crippen MR) is 80.2 cm³/mol. The summed E-state index contributed by atoms with van der Waals surface area (Å²) < 4.78 is 0. The van der Waals surface area contributed by atoms with Crippen molar-refractivity contribution in [1.29, 1.82) is 0 Å². The van der Waals surface area contributed by atoms with Crippen molar-refractivity contribution < 1.29 is 4.79 Å². The van der Waals surface area contributed by atoms with Crippen LogP contribution >= 0.6 is 11.3 Å². The van der Waals surface area contributed by atoms with Gasteiger partial charge in [-0.15, -0.1) is 11.3 Å². The number of nitrogens with zero attached hydrogens (tertiary/aromatic N) is 2. The molecule has 20 heavy (non-hydrogen) atoms. The molecule has 1 amide bonds. The van der Waals surface area contributed by atoms with Crippen molar-refractivity contribution in [2.75, 3.05) is 0 Å². The first-order valence-corrected chi connectivity index (χ1v) is 6.92. The summed E-state index contributed by atoms with van der Waals surface area (Å²) >= 11 is 1.59. The number of hydrogen-bond acceptors (Lipinski definition) is 4. The molecular formula is C14H12N4OS. The second-order valence-corrected chi connectivity index (χ2v) is 5.25. The van der Waals surface area contributed by atoms with Crippen LogP contribution in [0.5, 0.6) is 0 Å². The number of fused-ring (bicyclic) bond motifs is 1. The second-order valence-electron chi connectivity index (χ2n) is 4.30. The number of carbonyl (C=O) groups excluding carboxylic acids is 1. The van der Waals surface area contributed by atoms with Gasteiger partial charge in [0.25, 0.3) is 5.91 Å². The number of nitrogens with one attached hydrogen (secondary N) is 2. The van der Waals surface area contributed by atoms with Crippen LogP contribution in [0.4, 0.5) is 0 Å². The molecule has 0 aliphatic carbocycles. The Morgan fingerprint density at radius 2 is 2.35 bits per heavy atom. The highest BCUT2D eigenvalue weighted by molar-refractivity contribution is 7.11. The van der Waals surface area contributed by atoms with E-state index in [1.807, 2.05) is 18.4 Å². The molecule has 2 N–H and O–H groups in total. The fourth-order valence-corrected chi connectivity index (χ4v) is 2.59. The van der Waals surface area contributed by atoms with E-state index in [4.69, 9.17) is 0 Å². The molecule has 0 spiro atoms. The number of aryl methyl sites for hydroxylation is 1. The van der Waals surface area contributed by atoms with Gasteiger partial charge in [-0.05, 0) is 42.1 Å². The van der Waals surface area contributed by atoms with Gasteiger partial charge in [-0.3, -0.25) is 4.79 Å². The monoisotopic (exact) mass is 284 g/mol. The van der Waals surface area contributed by atoms with Crippen molar-refractivity contribution in [3.63, 3.8) is 0 Å². The summed E-state index contributed by atoms with van der Waals surface area (Å²) in [5, 5.41) is 5.97. The number of hydrogen-bond donors (Lipinski definition) is 2. The SMILES string of the molecule is Cc1ccsc1C=NNC(=O)c1ccc2nc[nH]c2c1. The number of hydrazone groups is 1. The van der Waals surface area contributed by atoms with Crippen LogP contribution in [0.25, 0.3) is 11.0 Å². The zero-order valence-electron chi connectivity index (χ0n) is 10.8. The second kappa shape index (κ2) is 5.26. The molecule has 0 saturated heterocycles. The van der Waals surface area contributed by atoms with Crippen LogP contribution in [-0.2, 0) is 0 Å². The molecule has 0 unspecified atom stereocenters. The first-order valence-electron chi connectivity index (χ1n) is 6.04. The number of carbonyl (C=O) groups is 1. The molecule has 6 heteroatoms. The fourth-order valence-electron chi connectivity index (χ4n) is 1.81. The summed E-state index contributed by atoms with van der Waals surface area (Å²) in [6.45, 7) is 2.01. The minimum atomic E-state index is -0.244. The van der Waals surface area contributed by atoms with E-state index >= 15 is 0 Å². The van der Waals surface area contributed by atoms with Gasteiger partial charge in [0.05, 0.1) is 23.6 Å². The molecule has 0 fully saturated rings. The van der Waals surface area contributed by atoms with Gasteiger partial charge in [0, 0.05) is 10.4 Å². The van der Waals surface area contributed by atoms with Crippen molar-refractivity contribution >= 4 is 34.5 Å². The Kier molecular flexibility index (Phi) is 3.30. The molecule has 1 aromatic carbocycles. The van der Waals surface area contributed by atoms with Crippen molar-refractivity contribution in [3.8, 4) is 0 Å². The Morgan fingerprint density at radius 3 is 3.15 bits per heavy atom. The smallest absolute Gasteiger partial charge is 0.271 e. The quantitative estimate of drug-likeness (QED) is 0.573. The minimum Gasteiger partial charge on any atom is -0.345 e. The fraction of sp³-hybridized carbons (Fsp3) is 0.0714. The number of thiophene rings is 1. The number of amides is 1. The highest BCUT2D eigenvalue weighted by atomic mass is 32.1. The Labute approximate surface area is 119 Å². The van der Waals surface area contributed by atoms with Crippen LogP contribution in [0.15, 0.2) is 41.1 Å². The summed E-state index contributed by atoms with van der Waals surface area (Å²) in [6, 6.07) is 7.29. The molecule has 0 saturated carbocycles. The lowest BCUT2D eigenvalue weighted by molar-refractivity contribution is 0.0955. The Morgan fingerprint density at radius 1 is 1.45 bits per heavy atom. The summed E-state index contributed by atoms with van der Waals surface area (Å²) in [6.07, 6.45) is 3.26. The van der Waals surface area contributed by atoms with Crippen LogP contribution in [-0.4, -0.2) is 22.1 Å². The van der Waals surface area contributed by atoms with Crippen LogP contribution in [0, 0.1) is 6.92 Å². The third kappa shape index (κ3) is 2.46. The Bertz CT molecular complexity index is 787. The molecule has 0 aliphatic heterocycles. The lowest BCUT2D eigenvalue weighted by atomic mass is 10.2. The Hall–Kier alpha value is -2.47. The summed E-state index contributed by atoms with van der Waals surface area (Å²) in [7, 11) is 0. The molecular weight excluding hydrogens is 272 g/mol. The van der Waals surface area contributed by atoms with Gasteiger partial charge in [0.1, 0.15) is 0 Å². The van der Waals surface area contributed by atoms with Gasteiger partial charge >= 0.3 is 0 Å². The maximum atomic E-state index is 12.0. The summed E-state index contributed by atoms with van der Waals surface area (Å²) in [5.41, 5.74) is 5.87. The number of aromatic nitrogens is 2. The molecule has 0 aliphatic rings. The van der Waals surface area contributed by atoms with Crippen LogP contribution < -0.4 is 5.43 Å². The van der Waals surface area contributed by atoms with Gasteiger partial charge in [-0.2, -0.15) is 5.10 Å². The maximum absolute atomic E-state index is 12.0. The van der Waals surface area contributed by atoms with Gasteiger partial charge < -0.3 is 4.98 Å². The van der Waals surface area contributed by atoms with E-state index in [2.05, 4.69) is 20.5 Å². The van der Waals surface area contributed by atoms with Gasteiger partial charge in [-0.1, -0.05) is 0 Å². The topological polar surface area (TPSA) is 70.1 Å². The highest BCUT2D eigenvalue weighted by Gasteiger charge is 2.06. The average Bonchev–Trinajstić information content (AvgIpc) is 3.07. The van der Waals surface area contributed by atoms with Crippen molar-refractivity contribution in [1.82, 2.24) is 15.4 Å². The number of aromatic amines is 1. The lowest BCUT2D eigenvalue weighted by Crippen LogP contribution is -2.17. The van der Waals surface area contributed by atoms with Crippen molar-refractivity contribution in [2.45, 2.75) is 6.92 Å². The molecule has 0 radical (unpaired) electrons. The Balaban J connectivity index is 1.72. The van der Waals surface area contributed by atoms with Crippen molar-refractivity contribution in [2.24, 2.45) is 5.10 Å². The number of rotatable bonds is 3. The van der Waals surface area contributed by atoms with E-state index in [1.54, 1.807) is 42.1 Å². The normalized spacial score (nSPS) is 11.2. The van der Waals surface area contributed by atoms with Crippen LogP contribution in [0.3, 0.4) is 0 Å². The average molecular weight is 284 g/mol. The lowest BCUT2D eigenvalue weighted by Gasteiger charge is -1.99. The van der Waals surface area contributed by atoms with Crippen LogP contribution in [0.1, 0.15) is 20.8 Å². The standard InChI is InChI=1S/C14H12N4OS/c1-9-4-5-20-13(9)7-17-18-14(19)10-2-3-11-12(6-10)16-8-15-11/h2-8H,1H3,(H,15,16)(H,18,19). The number of H-pyrrole nitrogens is 1. The summed E-state index contributed by atoms with van der Waals surface area (Å²) in [5.74, 6) is -0.244. The summed E-state index contributed by atoms with van der Waals surface area (Å²) in [4.78, 5) is 20.1. The molecule has 100 valence electrons. The van der Waals surface area contributed by atoms with E-state index in [0.29, 0.717) is 5.56 Å². The minimum absolute atomic E-state index is 0.244. The van der Waals surface area contributed by atoms with E-state index in [-0.39, 0.29) is 5.91 Å². The third-order valence-corrected chi connectivity index (χ3v) is 3.89. The molecule has 2 heterocycles. The highest BCUT2D eigenvalue weighted by Crippen LogP contribution is 2.13. The van der Waals surface area contributed by atoms with E-state index < -0.39 is 0 Å². The molecule has 2 aromatic heterocycles. The molecule has 0 bridgehead atoms. The van der Waals surface area contributed by atoms with E-state index in [1.165, 1.54) is 0 Å². The van der Waals surface area contributed by atoms with E-state index in [0.717, 1.165) is 21.5 Å². The van der Waals surface area contributed by atoms with Gasteiger partial charge in [0.15, 0.2) is 0 Å². The zero-order chi connectivity index (χ0) is 13.9. The number of benzene rings is 1. The third-order valence-electron chi connectivity index (χ3n) is 2.93. The molecule has 5 nitrogen and oxygen atoms in total. The first-order chi connectivity index (χ1) is 9.74. The molecule has 3 rings (SSSR count). The predicted octanol–water partition coefficient (Wildman–Crippen LogP) is 2.70. The van der Waals surface area contributed by atoms with Gasteiger partial charge in [0.2, 0.25) is 0 Å². The van der Waals surface area contributed by atoms with Crippen LogP contribution in [0.2, 0.25) is 0 Å². The molecule has 0 atom stereocenters. The van der Waals surface area contributed by atoms with Gasteiger partial charge in [-0.25, -0.2) is 10.4 Å².